The van der Waals surface area contributed by atoms with Crippen LogP contribution >= 0.6 is 0 Å². The average molecular weight is 397 g/mol. The van der Waals surface area contributed by atoms with Crippen LogP contribution < -0.4 is 39.4 Å². The van der Waals surface area contributed by atoms with Crippen LogP contribution in [-0.2, 0) is 12.8 Å². The molecule has 0 aliphatic rings. The maximum atomic E-state index is 11.6. The van der Waals surface area contributed by atoms with Crippen molar-refractivity contribution in [2.45, 2.75) is 72.6 Å². The van der Waals surface area contributed by atoms with Gasteiger partial charge in [-0.1, -0.05) is 43.1 Å². The van der Waals surface area contributed by atoms with E-state index in [1.807, 2.05) is 13.0 Å². The number of benzene rings is 1. The van der Waals surface area contributed by atoms with E-state index in [9.17, 15) is 15.0 Å². The molecule has 0 fully saturated rings. The number of aromatic hydroxyl groups is 1. The summed E-state index contributed by atoms with van der Waals surface area (Å²) in [6, 6.07) is 1.74. The van der Waals surface area contributed by atoms with Crippen molar-refractivity contribution in [2.24, 2.45) is 0 Å². The summed E-state index contributed by atoms with van der Waals surface area (Å²) in [4.78, 5) is 11.6. The molecule has 28 heavy (non-hydrogen) atoms. The van der Waals surface area contributed by atoms with E-state index in [2.05, 4.69) is 26.8 Å². The second-order valence-corrected chi connectivity index (χ2v) is 7.26. The Hall–Kier alpha value is -1.23. The monoisotopic (exact) mass is 396 g/mol. The fourth-order valence-corrected chi connectivity index (χ4v) is 3.07. The van der Waals surface area contributed by atoms with Gasteiger partial charge in [-0.3, -0.25) is 0 Å². The van der Waals surface area contributed by atoms with Crippen molar-refractivity contribution in [3.63, 3.8) is 0 Å². The van der Waals surface area contributed by atoms with Crippen molar-refractivity contribution in [1.82, 2.24) is 0 Å². The third-order valence-electron chi connectivity index (χ3n) is 4.67. The van der Waals surface area contributed by atoms with Crippen LogP contribution in [0.2, 0.25) is 0 Å². The number of hydrogen-bond donors (Lipinski definition) is 1. The standard InChI is InChI=1S/C23H34O4.Na/c1-6-7-8-12-18-15-20(27-5)19(22(24)21(18)23(25)26)14-13-17(4)11-9-10-16(2)3;/h10,13,15,24H,6-9,11-12,14H2,1-5H3,(H,25,26);/q;+1/p-1/b17-13+;. The molecule has 0 saturated heterocycles. The third-order valence-corrected chi connectivity index (χ3v) is 4.67. The zero-order chi connectivity index (χ0) is 20.4. The predicted octanol–water partition coefficient (Wildman–Crippen LogP) is 1.74. The van der Waals surface area contributed by atoms with Crippen molar-refractivity contribution >= 4 is 5.97 Å². The molecular formula is C23H33NaO4. The normalized spacial score (nSPS) is 11.0. The smallest absolute Gasteiger partial charge is 0.545 e. The van der Waals surface area contributed by atoms with Gasteiger partial charge in [0.05, 0.1) is 13.1 Å². The van der Waals surface area contributed by atoms with E-state index in [1.165, 1.54) is 18.3 Å². The van der Waals surface area contributed by atoms with Crippen LogP contribution in [0.4, 0.5) is 0 Å². The van der Waals surface area contributed by atoms with E-state index in [0.29, 0.717) is 29.7 Å². The second kappa shape index (κ2) is 13.9. The topological polar surface area (TPSA) is 69.6 Å². The van der Waals surface area contributed by atoms with E-state index in [0.717, 1.165) is 32.1 Å². The third kappa shape index (κ3) is 8.42. The number of carbonyl (C=O) groups excluding carboxylic acids is 1. The second-order valence-electron chi connectivity index (χ2n) is 7.26. The molecule has 0 bridgehead atoms. The van der Waals surface area contributed by atoms with Gasteiger partial charge in [-0.15, -0.1) is 0 Å². The van der Waals surface area contributed by atoms with E-state index >= 15 is 0 Å². The van der Waals surface area contributed by atoms with Gasteiger partial charge in [0.15, 0.2) is 0 Å². The van der Waals surface area contributed by atoms with Gasteiger partial charge in [0.25, 0.3) is 0 Å². The first-order valence-electron chi connectivity index (χ1n) is 9.73. The van der Waals surface area contributed by atoms with Gasteiger partial charge in [0, 0.05) is 11.1 Å². The SMILES string of the molecule is CCCCCc1cc(OC)c(C/C=C(\C)CCC=C(C)C)c(O)c1C(=O)[O-].[Na+]. The summed E-state index contributed by atoms with van der Waals surface area (Å²) < 4.78 is 5.44. The van der Waals surface area contributed by atoms with Crippen molar-refractivity contribution in [2.75, 3.05) is 7.11 Å². The average Bonchev–Trinajstić information content (AvgIpc) is 2.59. The Kier molecular flexibility index (Phi) is 13.3. The summed E-state index contributed by atoms with van der Waals surface area (Å²) in [6.07, 6.45) is 10.0. The fourth-order valence-electron chi connectivity index (χ4n) is 3.07. The van der Waals surface area contributed by atoms with Crippen LogP contribution in [0.15, 0.2) is 29.4 Å². The molecule has 0 aliphatic heterocycles. The molecule has 4 nitrogen and oxygen atoms in total. The Balaban J connectivity index is 0.00000729. The minimum atomic E-state index is -1.34. The van der Waals surface area contributed by atoms with E-state index in [-0.39, 0.29) is 40.9 Å². The molecule has 0 unspecified atom stereocenters. The number of phenols is 1. The minimum absolute atomic E-state index is 0. The summed E-state index contributed by atoms with van der Waals surface area (Å²) in [6.45, 7) is 8.28. The number of rotatable bonds is 11. The Morgan fingerprint density at radius 2 is 1.89 bits per heavy atom. The summed E-state index contributed by atoms with van der Waals surface area (Å²) >= 11 is 0. The summed E-state index contributed by atoms with van der Waals surface area (Å²) in [7, 11) is 1.54. The van der Waals surface area contributed by atoms with Gasteiger partial charge < -0.3 is 19.7 Å². The molecule has 0 amide bonds. The number of aryl methyl sites for hydroxylation is 1. The number of allylic oxidation sites excluding steroid dienone is 4. The summed E-state index contributed by atoms with van der Waals surface area (Å²) in [5.74, 6) is -1.04. The molecule has 1 N–H and O–H groups in total. The fraction of sp³-hybridized carbons (Fsp3) is 0.522. The number of methoxy groups -OCH3 is 1. The number of carboxylic acids is 1. The van der Waals surface area contributed by atoms with Crippen LogP contribution in [0.3, 0.4) is 0 Å². The van der Waals surface area contributed by atoms with Crippen LogP contribution in [0.25, 0.3) is 0 Å². The Morgan fingerprint density at radius 1 is 1.21 bits per heavy atom. The summed E-state index contributed by atoms with van der Waals surface area (Å²) in [5.41, 5.74) is 3.45. The van der Waals surface area contributed by atoms with E-state index in [1.54, 1.807) is 6.07 Å². The zero-order valence-electron chi connectivity index (χ0n) is 18.4. The summed E-state index contributed by atoms with van der Waals surface area (Å²) in [5, 5.41) is 22.3. The Bertz CT molecular complexity index is 701. The maximum Gasteiger partial charge on any atom is 1.00 e. The molecule has 150 valence electrons. The molecular weight excluding hydrogens is 363 g/mol. The maximum absolute atomic E-state index is 11.6. The number of hydrogen-bond acceptors (Lipinski definition) is 4. The van der Waals surface area contributed by atoms with Gasteiger partial charge in [0.2, 0.25) is 0 Å². The molecule has 0 spiro atoms. The number of carbonyl (C=O) groups is 1. The van der Waals surface area contributed by atoms with E-state index < -0.39 is 5.97 Å². The van der Waals surface area contributed by atoms with Crippen LogP contribution in [0, 0.1) is 0 Å². The van der Waals surface area contributed by atoms with Crippen LogP contribution in [0.5, 0.6) is 11.5 Å². The van der Waals surface area contributed by atoms with Gasteiger partial charge in [-0.25, -0.2) is 0 Å². The first-order valence-corrected chi connectivity index (χ1v) is 9.73. The molecule has 0 atom stereocenters. The van der Waals surface area contributed by atoms with Crippen molar-refractivity contribution in [3.8, 4) is 11.5 Å². The molecule has 1 aromatic carbocycles. The van der Waals surface area contributed by atoms with Gasteiger partial charge in [-0.2, -0.15) is 0 Å². The predicted molar refractivity (Wildman–Crippen MR) is 108 cm³/mol. The number of aromatic carboxylic acids is 1. The zero-order valence-corrected chi connectivity index (χ0v) is 20.4. The first-order chi connectivity index (χ1) is 12.8. The van der Waals surface area contributed by atoms with Crippen LogP contribution in [0.1, 0.15) is 81.3 Å². The molecule has 0 radical (unpaired) electrons. The molecule has 0 saturated carbocycles. The molecule has 0 aliphatic carbocycles. The molecule has 0 heterocycles. The molecule has 1 rings (SSSR count). The van der Waals surface area contributed by atoms with Gasteiger partial charge in [-0.05, 0) is 64.5 Å². The number of ether oxygens (including phenoxy) is 1. The molecule has 0 aromatic heterocycles. The number of carboxylic acid groups (broad SMARTS) is 1. The van der Waals surface area contributed by atoms with Gasteiger partial charge in [0.1, 0.15) is 11.5 Å². The first kappa shape index (κ1) is 26.8. The van der Waals surface area contributed by atoms with E-state index in [4.69, 9.17) is 4.74 Å². The Labute approximate surface area is 192 Å². The minimum Gasteiger partial charge on any atom is -0.545 e. The Morgan fingerprint density at radius 3 is 2.43 bits per heavy atom. The van der Waals surface area contributed by atoms with Crippen molar-refractivity contribution in [3.05, 3.63) is 46.1 Å². The molecule has 1 aromatic rings. The van der Waals surface area contributed by atoms with Crippen molar-refractivity contribution < 1.29 is 49.3 Å². The van der Waals surface area contributed by atoms with Gasteiger partial charge >= 0.3 is 29.6 Å². The molecule has 5 heteroatoms. The quantitative estimate of drug-likeness (QED) is 0.351. The number of unbranched alkanes of at least 4 members (excludes halogenated alkanes) is 2. The van der Waals surface area contributed by atoms with Crippen LogP contribution in [-0.4, -0.2) is 18.2 Å². The largest absolute Gasteiger partial charge is 1.00 e. The van der Waals surface area contributed by atoms with Crippen molar-refractivity contribution in [1.29, 1.82) is 0 Å².